The van der Waals surface area contributed by atoms with Gasteiger partial charge in [-0.2, -0.15) is 43.9 Å². The fourth-order valence-corrected chi connectivity index (χ4v) is 3.00. The van der Waals surface area contributed by atoms with E-state index in [1.165, 1.54) is 6.92 Å². The Bertz CT molecular complexity index is 409. The van der Waals surface area contributed by atoms with Crippen molar-refractivity contribution < 1.29 is 48.3 Å². The minimum atomic E-state index is -7.19. The molecule has 2 atom stereocenters. The molecule has 0 fully saturated rings. The lowest BCUT2D eigenvalue weighted by atomic mass is 9.82. The van der Waals surface area contributed by atoms with Gasteiger partial charge in [0, 0.05) is 9.84 Å². The molecule has 0 nitrogen and oxygen atoms in total. The van der Waals surface area contributed by atoms with E-state index in [-0.39, 0.29) is 12.8 Å². The van der Waals surface area contributed by atoms with Crippen LogP contribution in [-0.4, -0.2) is 33.3 Å². The molecule has 0 N–H and O–H groups in total. The van der Waals surface area contributed by atoms with E-state index in [1.807, 2.05) is 0 Å². The average molecular weight is 480 g/mol. The second-order valence-electron chi connectivity index (χ2n) is 5.29. The highest BCUT2D eigenvalue weighted by Gasteiger charge is 2.86. The van der Waals surface area contributed by atoms with Crippen molar-refractivity contribution in [2.75, 3.05) is 0 Å². The van der Waals surface area contributed by atoms with Gasteiger partial charge in [0.25, 0.3) is 5.67 Å². The molecule has 0 aliphatic heterocycles. The number of alkyl halides is 12. The molecule has 0 spiro atoms. The Hall–Kier alpha value is -0.0400. The van der Waals surface area contributed by atoms with Crippen molar-refractivity contribution >= 4 is 22.6 Å². The van der Waals surface area contributed by atoms with Gasteiger partial charge in [-0.3, -0.25) is 0 Å². The number of halogens is 12. The number of rotatable bonds is 6. The fraction of sp³-hybridized carbons (Fsp3) is 1.00. The summed E-state index contributed by atoms with van der Waals surface area (Å²) in [5.41, 5.74) is -6.05. The molecule has 0 aliphatic carbocycles. The molecule has 0 bridgehead atoms. The molecule has 0 aromatic carbocycles. The Balaban J connectivity index is 6.20. The van der Waals surface area contributed by atoms with E-state index in [2.05, 4.69) is 0 Å². The SMILES string of the molecule is CCCC(C)(I)CC(F)(C(F)(F)F)C(F)(F)C(F)(F)C(F)(F)F. The van der Waals surface area contributed by atoms with Crippen molar-refractivity contribution in [2.24, 2.45) is 0 Å². The Morgan fingerprint density at radius 2 is 1.09 bits per heavy atom. The normalized spacial score (nSPS) is 20.1. The highest BCUT2D eigenvalue weighted by atomic mass is 127. The Morgan fingerprint density at radius 3 is 1.35 bits per heavy atom. The maximum absolute atomic E-state index is 14.1. The third-order valence-corrected chi connectivity index (χ3v) is 4.00. The Labute approximate surface area is 137 Å². The summed E-state index contributed by atoms with van der Waals surface area (Å²) in [7, 11) is 0. The van der Waals surface area contributed by atoms with Crippen LogP contribution in [0.5, 0.6) is 0 Å². The largest absolute Gasteiger partial charge is 0.460 e. The summed E-state index contributed by atoms with van der Waals surface area (Å²) >= 11 is 1.13. The van der Waals surface area contributed by atoms with E-state index in [0.717, 1.165) is 29.5 Å². The van der Waals surface area contributed by atoms with E-state index in [0.29, 0.717) is 0 Å². The standard InChI is InChI=1S/C11H12F11I/c1-3-4-6(2,23)5-7(12,10(17,18)19)8(13,14)9(15,16)11(20,21)22/h3-5H2,1-2H3. The average Bonchev–Trinajstić information content (AvgIpc) is 2.24. The number of hydrogen-bond donors (Lipinski definition) is 0. The van der Waals surface area contributed by atoms with Crippen LogP contribution in [0.15, 0.2) is 0 Å². The summed E-state index contributed by atoms with van der Waals surface area (Å²) in [5, 5.41) is 0. The smallest absolute Gasteiger partial charge is 0.227 e. The molecule has 0 aromatic heterocycles. The van der Waals surface area contributed by atoms with Gasteiger partial charge in [-0.15, -0.1) is 0 Å². The zero-order valence-electron chi connectivity index (χ0n) is 11.7. The molecular formula is C11H12F11I. The zero-order valence-corrected chi connectivity index (χ0v) is 13.8. The first-order valence-electron chi connectivity index (χ1n) is 6.04. The summed E-state index contributed by atoms with van der Waals surface area (Å²) in [4.78, 5) is 0. The summed E-state index contributed by atoms with van der Waals surface area (Å²) < 4.78 is 139. The molecule has 2 unspecified atom stereocenters. The van der Waals surface area contributed by atoms with Gasteiger partial charge in [0.1, 0.15) is 0 Å². The first-order chi connectivity index (χ1) is 9.77. The van der Waals surface area contributed by atoms with Crippen molar-refractivity contribution in [3.8, 4) is 0 Å². The van der Waals surface area contributed by atoms with Gasteiger partial charge in [-0.05, 0) is 6.42 Å². The van der Waals surface area contributed by atoms with Crippen LogP contribution in [0.2, 0.25) is 0 Å². The van der Waals surface area contributed by atoms with Crippen molar-refractivity contribution in [3.05, 3.63) is 0 Å². The lowest BCUT2D eigenvalue weighted by Gasteiger charge is -2.42. The predicted molar refractivity (Wildman–Crippen MR) is 67.8 cm³/mol. The van der Waals surface area contributed by atoms with Crippen LogP contribution in [0.25, 0.3) is 0 Å². The lowest BCUT2D eigenvalue weighted by molar-refractivity contribution is -0.412. The molecule has 12 heteroatoms. The molecule has 0 aliphatic rings. The maximum Gasteiger partial charge on any atom is 0.460 e. The van der Waals surface area contributed by atoms with Gasteiger partial charge in [-0.25, -0.2) is 4.39 Å². The van der Waals surface area contributed by atoms with Crippen LogP contribution in [0.4, 0.5) is 48.3 Å². The zero-order chi connectivity index (χ0) is 19.1. The first kappa shape index (κ1) is 23.0. The highest BCUT2D eigenvalue weighted by Crippen LogP contribution is 2.60. The van der Waals surface area contributed by atoms with Crippen LogP contribution in [-0.2, 0) is 0 Å². The van der Waals surface area contributed by atoms with Crippen LogP contribution < -0.4 is 0 Å². The van der Waals surface area contributed by atoms with Crippen molar-refractivity contribution in [3.63, 3.8) is 0 Å². The molecule has 0 rings (SSSR count). The Morgan fingerprint density at radius 1 is 0.696 bits per heavy atom. The molecular weight excluding hydrogens is 468 g/mol. The molecule has 0 radical (unpaired) electrons. The van der Waals surface area contributed by atoms with Gasteiger partial charge < -0.3 is 0 Å². The Kier molecular flexibility index (Phi) is 6.34. The molecule has 0 aromatic rings. The topological polar surface area (TPSA) is 0 Å². The molecule has 0 amide bonds. The summed E-state index contributed by atoms with van der Waals surface area (Å²) in [6, 6.07) is 0. The van der Waals surface area contributed by atoms with Gasteiger partial charge >= 0.3 is 24.2 Å². The first-order valence-corrected chi connectivity index (χ1v) is 7.11. The van der Waals surface area contributed by atoms with Gasteiger partial charge in [-0.1, -0.05) is 42.9 Å². The summed E-state index contributed by atoms with van der Waals surface area (Å²) in [6.07, 6.45) is -16.2. The molecule has 0 saturated carbocycles. The maximum atomic E-state index is 14.1. The van der Waals surface area contributed by atoms with Crippen molar-refractivity contribution in [2.45, 2.75) is 66.4 Å². The predicted octanol–water partition coefficient (Wildman–Crippen LogP) is 6.47. The molecule has 0 heterocycles. The van der Waals surface area contributed by atoms with Crippen molar-refractivity contribution in [1.29, 1.82) is 0 Å². The van der Waals surface area contributed by atoms with E-state index < -0.39 is 39.7 Å². The minimum Gasteiger partial charge on any atom is -0.227 e. The van der Waals surface area contributed by atoms with Crippen molar-refractivity contribution in [1.82, 2.24) is 0 Å². The van der Waals surface area contributed by atoms with Crippen LogP contribution in [0.1, 0.15) is 33.1 Å². The van der Waals surface area contributed by atoms with Gasteiger partial charge in [0.2, 0.25) is 0 Å². The monoisotopic (exact) mass is 480 g/mol. The molecule has 0 saturated heterocycles. The van der Waals surface area contributed by atoms with Crippen LogP contribution in [0.3, 0.4) is 0 Å². The quantitative estimate of drug-likeness (QED) is 0.232. The second-order valence-corrected chi connectivity index (χ2v) is 7.89. The third-order valence-electron chi connectivity index (χ3n) is 3.08. The van der Waals surface area contributed by atoms with E-state index in [1.54, 1.807) is 0 Å². The number of hydrogen-bond acceptors (Lipinski definition) is 0. The van der Waals surface area contributed by atoms with Crippen LogP contribution >= 0.6 is 22.6 Å². The molecule has 140 valence electrons. The lowest BCUT2D eigenvalue weighted by Crippen LogP contribution is -2.68. The second kappa shape index (κ2) is 6.36. The fourth-order valence-electron chi connectivity index (χ4n) is 1.93. The summed E-state index contributed by atoms with van der Waals surface area (Å²) in [6.45, 7) is 2.26. The van der Waals surface area contributed by atoms with Gasteiger partial charge in [0.15, 0.2) is 0 Å². The van der Waals surface area contributed by atoms with E-state index in [4.69, 9.17) is 0 Å². The van der Waals surface area contributed by atoms with E-state index in [9.17, 15) is 48.3 Å². The summed E-state index contributed by atoms with van der Waals surface area (Å²) in [5.74, 6) is -14.2. The third kappa shape index (κ3) is 4.14. The highest BCUT2D eigenvalue weighted by molar-refractivity contribution is 14.1. The van der Waals surface area contributed by atoms with Crippen LogP contribution in [0, 0.1) is 0 Å². The van der Waals surface area contributed by atoms with Gasteiger partial charge in [0.05, 0.1) is 0 Å². The minimum absolute atomic E-state index is 0.0780. The van der Waals surface area contributed by atoms with E-state index >= 15 is 0 Å². The molecule has 23 heavy (non-hydrogen) atoms.